The summed E-state index contributed by atoms with van der Waals surface area (Å²) in [5, 5.41) is 0. The quantitative estimate of drug-likeness (QED) is 0.798. The van der Waals surface area contributed by atoms with Gasteiger partial charge in [0.25, 0.3) is 0 Å². The van der Waals surface area contributed by atoms with E-state index in [4.69, 9.17) is 0 Å². The fourth-order valence-electron chi connectivity index (χ4n) is 1.61. The summed E-state index contributed by atoms with van der Waals surface area (Å²) in [6, 6.07) is 7.79. The molecule has 0 fully saturated rings. The molecule has 3 nitrogen and oxygen atoms in total. The second-order valence-corrected chi connectivity index (χ2v) is 4.00. The SMILES string of the molecule is O=C(CC=Cc1ccc[nH]1)CC=Cc1ccc[nH]1. The monoisotopic (exact) mass is 240 g/mol. The van der Waals surface area contributed by atoms with Crippen molar-refractivity contribution >= 4 is 17.9 Å². The van der Waals surface area contributed by atoms with Crippen LogP contribution in [-0.2, 0) is 4.79 Å². The predicted molar refractivity (Wildman–Crippen MR) is 73.9 cm³/mol. The van der Waals surface area contributed by atoms with Gasteiger partial charge in [-0.15, -0.1) is 0 Å². The van der Waals surface area contributed by atoms with E-state index in [2.05, 4.69) is 9.97 Å². The molecule has 2 aromatic heterocycles. The Bertz CT molecular complexity index is 471. The third-order valence-corrected chi connectivity index (χ3v) is 2.53. The smallest absolute Gasteiger partial charge is 0.140 e. The van der Waals surface area contributed by atoms with Crippen molar-refractivity contribution in [3.63, 3.8) is 0 Å². The summed E-state index contributed by atoms with van der Waals surface area (Å²) in [7, 11) is 0. The van der Waals surface area contributed by atoms with E-state index < -0.39 is 0 Å². The number of ketones is 1. The van der Waals surface area contributed by atoms with Crippen molar-refractivity contribution in [2.24, 2.45) is 0 Å². The summed E-state index contributed by atoms with van der Waals surface area (Å²) in [5.74, 6) is 0.209. The van der Waals surface area contributed by atoms with Gasteiger partial charge in [0.05, 0.1) is 0 Å². The van der Waals surface area contributed by atoms with Crippen LogP contribution in [0.3, 0.4) is 0 Å². The second kappa shape index (κ2) is 6.45. The van der Waals surface area contributed by atoms with Gasteiger partial charge in [0.1, 0.15) is 5.78 Å². The van der Waals surface area contributed by atoms with Crippen LogP contribution in [0, 0.1) is 0 Å². The molecule has 2 rings (SSSR count). The minimum Gasteiger partial charge on any atom is -0.362 e. The van der Waals surface area contributed by atoms with Crippen molar-refractivity contribution in [2.45, 2.75) is 12.8 Å². The number of Topliss-reactive ketones (excluding diaryl/α,β-unsaturated/α-hetero) is 1. The van der Waals surface area contributed by atoms with Crippen LogP contribution in [0.5, 0.6) is 0 Å². The summed E-state index contributed by atoms with van der Waals surface area (Å²) in [6.07, 6.45) is 12.3. The van der Waals surface area contributed by atoms with E-state index in [1.165, 1.54) is 0 Å². The number of rotatable bonds is 6. The number of carbonyl (C=O) groups excluding carboxylic acids is 1. The number of H-pyrrole nitrogens is 2. The average Bonchev–Trinajstić information content (AvgIpc) is 3.01. The molecular weight excluding hydrogens is 224 g/mol. The molecule has 0 aromatic carbocycles. The molecule has 0 unspecified atom stereocenters. The molecule has 2 heterocycles. The summed E-state index contributed by atoms with van der Waals surface area (Å²) in [5.41, 5.74) is 2.04. The number of hydrogen-bond acceptors (Lipinski definition) is 1. The van der Waals surface area contributed by atoms with E-state index in [1.807, 2.05) is 61.0 Å². The molecule has 0 saturated heterocycles. The summed E-state index contributed by atoms with van der Waals surface area (Å²) < 4.78 is 0. The molecule has 18 heavy (non-hydrogen) atoms. The largest absolute Gasteiger partial charge is 0.362 e. The van der Waals surface area contributed by atoms with Crippen LogP contribution in [0.15, 0.2) is 48.8 Å². The van der Waals surface area contributed by atoms with Crippen LogP contribution < -0.4 is 0 Å². The third kappa shape index (κ3) is 3.94. The van der Waals surface area contributed by atoms with Crippen LogP contribution in [-0.4, -0.2) is 15.8 Å². The predicted octanol–water partition coefficient (Wildman–Crippen LogP) is 3.42. The van der Waals surface area contributed by atoms with Gasteiger partial charge in [0, 0.05) is 36.6 Å². The topological polar surface area (TPSA) is 48.6 Å². The Hall–Kier alpha value is -2.29. The van der Waals surface area contributed by atoms with Crippen LogP contribution in [0.4, 0.5) is 0 Å². The molecular formula is C15H16N2O. The average molecular weight is 240 g/mol. The first-order valence-corrected chi connectivity index (χ1v) is 5.96. The zero-order valence-electron chi connectivity index (χ0n) is 10.1. The molecule has 0 bridgehead atoms. The molecule has 0 aliphatic rings. The normalized spacial score (nSPS) is 11.6. The van der Waals surface area contributed by atoms with Gasteiger partial charge in [-0.3, -0.25) is 4.79 Å². The minimum atomic E-state index is 0.209. The maximum atomic E-state index is 11.6. The molecule has 2 N–H and O–H groups in total. The van der Waals surface area contributed by atoms with Gasteiger partial charge < -0.3 is 9.97 Å². The molecule has 2 aromatic rings. The van der Waals surface area contributed by atoms with Gasteiger partial charge in [-0.1, -0.05) is 12.2 Å². The molecule has 0 saturated carbocycles. The zero-order chi connectivity index (χ0) is 12.6. The Morgan fingerprint density at radius 1 is 0.944 bits per heavy atom. The Balaban J connectivity index is 1.72. The first-order valence-electron chi connectivity index (χ1n) is 5.96. The van der Waals surface area contributed by atoms with E-state index >= 15 is 0 Å². The van der Waals surface area contributed by atoms with Gasteiger partial charge in [-0.05, 0) is 36.4 Å². The van der Waals surface area contributed by atoms with E-state index in [9.17, 15) is 4.79 Å². The standard InChI is InChI=1S/C15H16N2O/c18-15(9-1-5-13-7-3-11-16-13)10-2-6-14-8-4-12-17-14/h1-8,11-12,16-17H,9-10H2. The number of carbonyl (C=O) groups is 1. The number of aromatic amines is 2. The lowest BCUT2D eigenvalue weighted by Crippen LogP contribution is -1.92. The lowest BCUT2D eigenvalue weighted by atomic mass is 10.2. The van der Waals surface area contributed by atoms with Crippen LogP contribution >= 0.6 is 0 Å². The number of hydrogen-bond donors (Lipinski definition) is 2. The summed E-state index contributed by atoms with van der Waals surface area (Å²) in [6.45, 7) is 0. The minimum absolute atomic E-state index is 0.209. The second-order valence-electron chi connectivity index (χ2n) is 4.00. The lowest BCUT2D eigenvalue weighted by Gasteiger charge is -1.91. The molecule has 92 valence electrons. The van der Waals surface area contributed by atoms with E-state index in [1.54, 1.807) is 0 Å². The molecule has 0 aliphatic carbocycles. The van der Waals surface area contributed by atoms with Gasteiger partial charge >= 0.3 is 0 Å². The molecule has 0 radical (unpaired) electrons. The Morgan fingerprint density at radius 2 is 1.44 bits per heavy atom. The first-order chi connectivity index (χ1) is 8.84. The summed E-state index contributed by atoms with van der Waals surface area (Å²) in [4.78, 5) is 17.7. The van der Waals surface area contributed by atoms with Crippen molar-refractivity contribution in [1.29, 1.82) is 0 Å². The van der Waals surface area contributed by atoms with Gasteiger partial charge in [0.2, 0.25) is 0 Å². The van der Waals surface area contributed by atoms with Crippen LogP contribution in [0.25, 0.3) is 12.2 Å². The van der Waals surface area contributed by atoms with Crippen LogP contribution in [0.2, 0.25) is 0 Å². The van der Waals surface area contributed by atoms with E-state index in [0.717, 1.165) is 11.4 Å². The summed E-state index contributed by atoms with van der Waals surface area (Å²) >= 11 is 0. The van der Waals surface area contributed by atoms with Crippen molar-refractivity contribution in [3.8, 4) is 0 Å². The number of aromatic nitrogens is 2. The maximum absolute atomic E-state index is 11.6. The highest BCUT2D eigenvalue weighted by atomic mass is 16.1. The Morgan fingerprint density at radius 3 is 1.83 bits per heavy atom. The highest BCUT2D eigenvalue weighted by molar-refractivity contribution is 5.82. The van der Waals surface area contributed by atoms with Gasteiger partial charge in [-0.25, -0.2) is 0 Å². The molecule has 0 amide bonds. The van der Waals surface area contributed by atoms with E-state index in [0.29, 0.717) is 12.8 Å². The Kier molecular flexibility index (Phi) is 4.36. The first kappa shape index (κ1) is 12.2. The highest BCUT2D eigenvalue weighted by Gasteiger charge is 1.95. The fourth-order valence-corrected chi connectivity index (χ4v) is 1.61. The van der Waals surface area contributed by atoms with Crippen molar-refractivity contribution in [2.75, 3.05) is 0 Å². The molecule has 3 heteroatoms. The lowest BCUT2D eigenvalue weighted by molar-refractivity contribution is -0.117. The fraction of sp³-hybridized carbons (Fsp3) is 0.133. The molecule has 0 spiro atoms. The van der Waals surface area contributed by atoms with E-state index in [-0.39, 0.29) is 5.78 Å². The van der Waals surface area contributed by atoms with Crippen LogP contribution in [0.1, 0.15) is 24.2 Å². The number of allylic oxidation sites excluding steroid dienone is 2. The highest BCUT2D eigenvalue weighted by Crippen LogP contribution is 2.02. The maximum Gasteiger partial charge on any atom is 0.140 e. The third-order valence-electron chi connectivity index (χ3n) is 2.53. The Labute approximate surface area is 106 Å². The van der Waals surface area contributed by atoms with Gasteiger partial charge in [0.15, 0.2) is 0 Å². The zero-order valence-corrected chi connectivity index (χ0v) is 10.1. The van der Waals surface area contributed by atoms with Crippen molar-refractivity contribution < 1.29 is 4.79 Å². The molecule has 0 aliphatic heterocycles. The van der Waals surface area contributed by atoms with Crippen molar-refractivity contribution in [3.05, 3.63) is 60.2 Å². The number of nitrogens with one attached hydrogen (secondary N) is 2. The van der Waals surface area contributed by atoms with Crippen molar-refractivity contribution in [1.82, 2.24) is 9.97 Å². The molecule has 0 atom stereocenters. The van der Waals surface area contributed by atoms with Gasteiger partial charge in [-0.2, -0.15) is 0 Å².